The van der Waals surface area contributed by atoms with Crippen molar-refractivity contribution in [3.8, 4) is 23.0 Å². The summed E-state index contributed by atoms with van der Waals surface area (Å²) in [6, 6.07) is 10.3. The van der Waals surface area contributed by atoms with E-state index in [4.69, 9.17) is 14.2 Å². The number of aromatic hydroxyl groups is 1. The second-order valence-corrected chi connectivity index (χ2v) is 5.17. The third-order valence-electron chi connectivity index (χ3n) is 3.55. The first-order valence-electron chi connectivity index (χ1n) is 7.61. The van der Waals surface area contributed by atoms with Gasteiger partial charge in [0.05, 0.1) is 21.3 Å². The minimum Gasteiger partial charge on any atom is -0.504 e. The van der Waals surface area contributed by atoms with Gasteiger partial charge in [0.25, 0.3) is 0 Å². The van der Waals surface area contributed by atoms with Crippen molar-refractivity contribution in [3.05, 3.63) is 53.6 Å². The van der Waals surface area contributed by atoms with Crippen LogP contribution in [0.3, 0.4) is 0 Å². The molecule has 132 valence electrons. The van der Waals surface area contributed by atoms with E-state index >= 15 is 0 Å². The molecule has 0 fully saturated rings. The average molecular weight is 343 g/mol. The molecular weight excluding hydrogens is 322 g/mol. The van der Waals surface area contributed by atoms with Crippen LogP contribution in [0, 0.1) is 0 Å². The summed E-state index contributed by atoms with van der Waals surface area (Å²) in [7, 11) is 4.61. The van der Waals surface area contributed by atoms with E-state index < -0.39 is 0 Å². The summed E-state index contributed by atoms with van der Waals surface area (Å²) in [6.45, 7) is 0.364. The Kier molecular flexibility index (Phi) is 6.28. The Hall–Kier alpha value is -3.15. The maximum Gasteiger partial charge on any atom is 0.244 e. The molecule has 2 aromatic carbocycles. The Labute approximate surface area is 146 Å². The summed E-state index contributed by atoms with van der Waals surface area (Å²) in [5.74, 6) is 1.42. The van der Waals surface area contributed by atoms with E-state index in [1.165, 1.54) is 19.3 Å². The Balaban J connectivity index is 1.96. The number of amides is 1. The van der Waals surface area contributed by atoms with Crippen LogP contribution in [0.1, 0.15) is 11.1 Å². The van der Waals surface area contributed by atoms with Gasteiger partial charge in [-0.2, -0.15) is 0 Å². The van der Waals surface area contributed by atoms with Gasteiger partial charge in [-0.1, -0.05) is 12.1 Å². The van der Waals surface area contributed by atoms with Crippen molar-refractivity contribution in [2.75, 3.05) is 21.3 Å². The molecule has 2 rings (SSSR count). The SMILES string of the molecule is COc1cc(/C=C/C(=O)NCc2ccc(OC)c(OC)c2)ccc1O. The lowest BCUT2D eigenvalue weighted by Crippen LogP contribution is -2.20. The number of hydrogen-bond acceptors (Lipinski definition) is 5. The Morgan fingerprint density at radius 1 is 1.00 bits per heavy atom. The number of phenolic OH excluding ortho intramolecular Hbond substituents is 1. The van der Waals surface area contributed by atoms with Crippen LogP contribution in [0.2, 0.25) is 0 Å². The topological polar surface area (TPSA) is 77.0 Å². The number of phenols is 1. The average Bonchev–Trinajstić information content (AvgIpc) is 2.65. The third-order valence-corrected chi connectivity index (χ3v) is 3.55. The summed E-state index contributed by atoms with van der Waals surface area (Å²) in [4.78, 5) is 12.0. The maximum absolute atomic E-state index is 12.0. The molecule has 2 N–H and O–H groups in total. The fourth-order valence-corrected chi connectivity index (χ4v) is 2.21. The normalized spacial score (nSPS) is 10.5. The lowest BCUT2D eigenvalue weighted by Gasteiger charge is -2.09. The molecule has 0 saturated carbocycles. The number of methoxy groups -OCH3 is 3. The molecular formula is C19H21NO5. The predicted octanol–water partition coefficient (Wildman–Crippen LogP) is 2.75. The summed E-state index contributed by atoms with van der Waals surface area (Å²) < 4.78 is 15.4. The molecule has 0 spiro atoms. The molecule has 2 aromatic rings. The number of carbonyl (C=O) groups is 1. The smallest absolute Gasteiger partial charge is 0.244 e. The van der Waals surface area contributed by atoms with Crippen LogP contribution < -0.4 is 19.5 Å². The van der Waals surface area contributed by atoms with Crippen LogP contribution in [0.4, 0.5) is 0 Å². The first-order chi connectivity index (χ1) is 12.1. The monoisotopic (exact) mass is 343 g/mol. The van der Waals surface area contributed by atoms with Gasteiger partial charge in [-0.05, 0) is 41.5 Å². The van der Waals surface area contributed by atoms with Gasteiger partial charge < -0.3 is 24.6 Å². The zero-order chi connectivity index (χ0) is 18.2. The van der Waals surface area contributed by atoms with Gasteiger partial charge in [0, 0.05) is 12.6 Å². The number of nitrogens with one attached hydrogen (secondary N) is 1. The molecule has 25 heavy (non-hydrogen) atoms. The first-order valence-corrected chi connectivity index (χ1v) is 7.61. The summed E-state index contributed by atoms with van der Waals surface area (Å²) >= 11 is 0. The lowest BCUT2D eigenvalue weighted by atomic mass is 10.2. The number of ether oxygens (including phenoxy) is 3. The van der Waals surface area contributed by atoms with Crippen molar-refractivity contribution < 1.29 is 24.1 Å². The number of benzene rings is 2. The molecule has 6 nitrogen and oxygen atoms in total. The molecule has 0 aromatic heterocycles. The Bertz CT molecular complexity index is 770. The van der Waals surface area contributed by atoms with Crippen LogP contribution in [0.5, 0.6) is 23.0 Å². The van der Waals surface area contributed by atoms with Gasteiger partial charge in [0.2, 0.25) is 5.91 Å². The second-order valence-electron chi connectivity index (χ2n) is 5.17. The summed E-state index contributed by atoms with van der Waals surface area (Å²) in [6.07, 6.45) is 3.07. The van der Waals surface area contributed by atoms with Crippen molar-refractivity contribution in [2.45, 2.75) is 6.54 Å². The van der Waals surface area contributed by atoms with E-state index in [1.807, 2.05) is 12.1 Å². The van der Waals surface area contributed by atoms with Crippen LogP contribution in [0.25, 0.3) is 6.08 Å². The van der Waals surface area contributed by atoms with E-state index in [0.29, 0.717) is 23.8 Å². The van der Waals surface area contributed by atoms with E-state index in [0.717, 1.165) is 11.1 Å². The van der Waals surface area contributed by atoms with E-state index in [1.54, 1.807) is 38.5 Å². The van der Waals surface area contributed by atoms with Gasteiger partial charge >= 0.3 is 0 Å². The molecule has 0 saturated heterocycles. The predicted molar refractivity (Wildman–Crippen MR) is 95.1 cm³/mol. The summed E-state index contributed by atoms with van der Waals surface area (Å²) in [5, 5.41) is 12.4. The lowest BCUT2D eigenvalue weighted by molar-refractivity contribution is -0.116. The highest BCUT2D eigenvalue weighted by molar-refractivity contribution is 5.91. The Morgan fingerprint density at radius 2 is 1.72 bits per heavy atom. The van der Waals surface area contributed by atoms with Crippen LogP contribution >= 0.6 is 0 Å². The first kappa shape index (κ1) is 18.2. The minimum atomic E-state index is -0.234. The molecule has 6 heteroatoms. The molecule has 0 aliphatic heterocycles. The van der Waals surface area contributed by atoms with E-state index in [9.17, 15) is 9.90 Å². The zero-order valence-corrected chi connectivity index (χ0v) is 14.4. The molecule has 0 radical (unpaired) electrons. The number of rotatable bonds is 7. The van der Waals surface area contributed by atoms with Crippen LogP contribution in [-0.2, 0) is 11.3 Å². The standard InChI is InChI=1S/C19H21NO5/c1-23-16-8-5-14(11-18(16)25-3)12-20-19(22)9-6-13-4-7-15(21)17(10-13)24-2/h4-11,21H,12H2,1-3H3,(H,20,22)/b9-6+. The van der Waals surface area contributed by atoms with Gasteiger partial charge in [0.1, 0.15) is 0 Å². The molecule has 0 unspecified atom stereocenters. The fraction of sp³-hybridized carbons (Fsp3) is 0.211. The molecule has 0 bridgehead atoms. The van der Waals surface area contributed by atoms with Gasteiger partial charge in [-0.3, -0.25) is 4.79 Å². The van der Waals surface area contributed by atoms with Crippen molar-refractivity contribution in [2.24, 2.45) is 0 Å². The van der Waals surface area contributed by atoms with Crippen LogP contribution in [-0.4, -0.2) is 32.3 Å². The van der Waals surface area contributed by atoms with Gasteiger partial charge in [-0.15, -0.1) is 0 Å². The third kappa shape index (κ3) is 4.91. The second kappa shape index (κ2) is 8.63. The van der Waals surface area contributed by atoms with Gasteiger partial charge in [0.15, 0.2) is 23.0 Å². The number of carbonyl (C=O) groups excluding carboxylic acids is 1. The molecule has 0 heterocycles. The molecule has 0 aliphatic rings. The minimum absolute atomic E-state index is 0.0533. The van der Waals surface area contributed by atoms with E-state index in [-0.39, 0.29) is 11.7 Å². The van der Waals surface area contributed by atoms with Crippen molar-refractivity contribution in [3.63, 3.8) is 0 Å². The largest absolute Gasteiger partial charge is 0.504 e. The van der Waals surface area contributed by atoms with E-state index in [2.05, 4.69) is 5.32 Å². The van der Waals surface area contributed by atoms with Crippen molar-refractivity contribution in [1.29, 1.82) is 0 Å². The van der Waals surface area contributed by atoms with Crippen molar-refractivity contribution >= 4 is 12.0 Å². The molecule has 0 atom stereocenters. The highest BCUT2D eigenvalue weighted by Crippen LogP contribution is 2.28. The highest BCUT2D eigenvalue weighted by Gasteiger charge is 2.05. The highest BCUT2D eigenvalue weighted by atomic mass is 16.5. The number of hydrogen-bond donors (Lipinski definition) is 2. The quantitative estimate of drug-likeness (QED) is 0.756. The molecule has 1 amide bonds. The molecule has 0 aliphatic carbocycles. The summed E-state index contributed by atoms with van der Waals surface area (Å²) in [5.41, 5.74) is 1.64. The Morgan fingerprint density at radius 3 is 2.40 bits per heavy atom. The van der Waals surface area contributed by atoms with Crippen LogP contribution in [0.15, 0.2) is 42.5 Å². The maximum atomic E-state index is 12.0. The van der Waals surface area contributed by atoms with Crippen molar-refractivity contribution in [1.82, 2.24) is 5.32 Å². The zero-order valence-electron chi connectivity index (χ0n) is 14.4. The van der Waals surface area contributed by atoms with Gasteiger partial charge in [-0.25, -0.2) is 0 Å². The fourth-order valence-electron chi connectivity index (χ4n) is 2.21.